The van der Waals surface area contributed by atoms with Crippen molar-refractivity contribution in [2.24, 2.45) is 0 Å². The van der Waals surface area contributed by atoms with Gasteiger partial charge in [0.1, 0.15) is 6.61 Å². The van der Waals surface area contributed by atoms with Crippen molar-refractivity contribution in [3.05, 3.63) is 0 Å². The minimum absolute atomic E-state index is 0.175. The van der Waals surface area contributed by atoms with Crippen LogP contribution in [0.4, 0.5) is 0 Å². The maximum atomic E-state index is 10.3. The second kappa shape index (κ2) is 7.50. The average molecular weight is 162 g/mol. The minimum Gasteiger partial charge on any atom is -0.464 e. The van der Waals surface area contributed by atoms with Crippen LogP contribution >= 0.6 is 0 Å². The molecule has 0 heterocycles. The van der Waals surface area contributed by atoms with E-state index in [1.165, 1.54) is 0 Å². The third-order valence-electron chi connectivity index (χ3n) is 1.19. The van der Waals surface area contributed by atoms with Gasteiger partial charge in [-0.15, -0.1) is 0 Å². The van der Waals surface area contributed by atoms with Gasteiger partial charge < -0.3 is 14.9 Å². The third-order valence-corrected chi connectivity index (χ3v) is 1.19. The lowest BCUT2D eigenvalue weighted by molar-refractivity contribution is -0.147. The van der Waals surface area contributed by atoms with E-state index < -0.39 is 12.6 Å². The lowest BCUT2D eigenvalue weighted by atomic mass is 10.2. The highest BCUT2D eigenvalue weighted by molar-refractivity contribution is 5.70. The summed E-state index contributed by atoms with van der Waals surface area (Å²) in [6.07, 6.45) is 2.32. The Balaban J connectivity index is 2.95. The summed E-state index contributed by atoms with van der Waals surface area (Å²) in [5, 5.41) is 16.6. The number of esters is 1. The van der Waals surface area contributed by atoms with Gasteiger partial charge in [0.05, 0.1) is 6.61 Å². The standard InChI is InChI=1S/C7H14O4/c8-4-2-1-3-5-11-7(10)6-9/h8-9H,1-6H2. The van der Waals surface area contributed by atoms with Gasteiger partial charge in [0, 0.05) is 6.61 Å². The van der Waals surface area contributed by atoms with Crippen LogP contribution in [0.15, 0.2) is 0 Å². The predicted molar refractivity (Wildman–Crippen MR) is 39.0 cm³/mol. The fourth-order valence-corrected chi connectivity index (χ4v) is 0.622. The number of hydrogen-bond donors (Lipinski definition) is 2. The molecule has 4 heteroatoms. The largest absolute Gasteiger partial charge is 0.464 e. The molecule has 0 saturated carbocycles. The third kappa shape index (κ3) is 7.29. The highest BCUT2D eigenvalue weighted by Gasteiger charge is 1.97. The molecule has 0 saturated heterocycles. The Kier molecular flexibility index (Phi) is 7.08. The normalized spacial score (nSPS) is 9.64. The van der Waals surface area contributed by atoms with Crippen LogP contribution in [0, 0.1) is 0 Å². The van der Waals surface area contributed by atoms with Gasteiger partial charge in [-0.3, -0.25) is 0 Å². The number of unbranched alkanes of at least 4 members (excludes halogenated alkanes) is 2. The van der Waals surface area contributed by atoms with Gasteiger partial charge in [0.2, 0.25) is 0 Å². The van der Waals surface area contributed by atoms with Gasteiger partial charge in [-0.1, -0.05) is 0 Å². The van der Waals surface area contributed by atoms with E-state index in [0.717, 1.165) is 19.3 Å². The van der Waals surface area contributed by atoms with Crippen molar-refractivity contribution in [3.63, 3.8) is 0 Å². The summed E-state index contributed by atoms with van der Waals surface area (Å²) >= 11 is 0. The minimum atomic E-state index is -0.589. The predicted octanol–water partition coefficient (Wildman–Crippen LogP) is -0.316. The highest BCUT2D eigenvalue weighted by Crippen LogP contribution is 1.94. The Morgan fingerprint density at radius 1 is 1.18 bits per heavy atom. The Morgan fingerprint density at radius 3 is 2.45 bits per heavy atom. The van der Waals surface area contributed by atoms with Gasteiger partial charge in [-0.05, 0) is 19.3 Å². The van der Waals surface area contributed by atoms with Crippen LogP contribution in [-0.4, -0.2) is 36.0 Å². The van der Waals surface area contributed by atoms with E-state index in [9.17, 15) is 4.79 Å². The first-order valence-electron chi connectivity index (χ1n) is 3.68. The molecule has 0 spiro atoms. The fourth-order valence-electron chi connectivity index (χ4n) is 0.622. The smallest absolute Gasteiger partial charge is 0.331 e. The van der Waals surface area contributed by atoms with Crippen LogP contribution in [0.2, 0.25) is 0 Å². The van der Waals surface area contributed by atoms with Crippen molar-refractivity contribution in [1.82, 2.24) is 0 Å². The number of aliphatic hydroxyl groups excluding tert-OH is 2. The van der Waals surface area contributed by atoms with E-state index in [0.29, 0.717) is 6.61 Å². The first-order valence-corrected chi connectivity index (χ1v) is 3.68. The number of rotatable bonds is 6. The monoisotopic (exact) mass is 162 g/mol. The van der Waals surface area contributed by atoms with E-state index in [4.69, 9.17) is 10.2 Å². The molecule has 0 radical (unpaired) electrons. The molecule has 0 aromatic rings. The zero-order valence-corrected chi connectivity index (χ0v) is 6.45. The summed E-state index contributed by atoms with van der Waals surface area (Å²) in [4.78, 5) is 10.3. The molecule has 0 fully saturated rings. The first-order chi connectivity index (χ1) is 5.31. The zero-order chi connectivity index (χ0) is 8.53. The molecular weight excluding hydrogens is 148 g/mol. The highest BCUT2D eigenvalue weighted by atomic mass is 16.5. The summed E-state index contributed by atoms with van der Waals surface area (Å²) in [6, 6.07) is 0. The lowest BCUT2D eigenvalue weighted by Gasteiger charge is -2.00. The lowest BCUT2D eigenvalue weighted by Crippen LogP contribution is -2.09. The van der Waals surface area contributed by atoms with E-state index in [1.807, 2.05) is 0 Å². The molecule has 4 nitrogen and oxygen atoms in total. The maximum absolute atomic E-state index is 10.3. The summed E-state index contributed by atoms with van der Waals surface area (Å²) in [5.41, 5.74) is 0. The van der Waals surface area contributed by atoms with E-state index in [1.54, 1.807) is 0 Å². The number of hydrogen-bond acceptors (Lipinski definition) is 4. The van der Waals surface area contributed by atoms with Crippen LogP contribution < -0.4 is 0 Å². The second-order valence-corrected chi connectivity index (χ2v) is 2.16. The van der Waals surface area contributed by atoms with Crippen LogP contribution in [-0.2, 0) is 9.53 Å². The van der Waals surface area contributed by atoms with Gasteiger partial charge in [-0.25, -0.2) is 4.79 Å². The van der Waals surface area contributed by atoms with Crippen molar-refractivity contribution >= 4 is 5.97 Å². The van der Waals surface area contributed by atoms with Crippen molar-refractivity contribution in [1.29, 1.82) is 0 Å². The molecule has 0 unspecified atom stereocenters. The van der Waals surface area contributed by atoms with Gasteiger partial charge in [0.15, 0.2) is 0 Å². The van der Waals surface area contributed by atoms with Crippen LogP contribution in [0.25, 0.3) is 0 Å². The Morgan fingerprint density at radius 2 is 1.91 bits per heavy atom. The van der Waals surface area contributed by atoms with Crippen LogP contribution in [0.3, 0.4) is 0 Å². The molecule has 0 aromatic carbocycles. The van der Waals surface area contributed by atoms with Crippen molar-refractivity contribution < 1.29 is 19.7 Å². The maximum Gasteiger partial charge on any atom is 0.331 e. The molecule has 0 rings (SSSR count). The number of carbonyl (C=O) groups excluding carboxylic acids is 1. The van der Waals surface area contributed by atoms with E-state index in [2.05, 4.69) is 4.74 Å². The fraction of sp³-hybridized carbons (Fsp3) is 0.857. The summed E-state index contributed by atoms with van der Waals surface area (Å²) < 4.78 is 4.57. The molecule has 0 bridgehead atoms. The molecule has 66 valence electrons. The zero-order valence-electron chi connectivity index (χ0n) is 6.45. The number of carbonyl (C=O) groups is 1. The van der Waals surface area contributed by atoms with Crippen molar-refractivity contribution in [2.75, 3.05) is 19.8 Å². The quantitative estimate of drug-likeness (QED) is 0.415. The SMILES string of the molecule is O=C(CO)OCCCCCO. The van der Waals surface area contributed by atoms with Gasteiger partial charge >= 0.3 is 5.97 Å². The molecule has 0 atom stereocenters. The Hall–Kier alpha value is -0.610. The van der Waals surface area contributed by atoms with E-state index >= 15 is 0 Å². The second-order valence-electron chi connectivity index (χ2n) is 2.16. The molecular formula is C7H14O4. The average Bonchev–Trinajstić information content (AvgIpc) is 2.04. The Bertz CT molecular complexity index is 103. The summed E-state index contributed by atoms with van der Waals surface area (Å²) in [6.45, 7) is -0.0483. The van der Waals surface area contributed by atoms with E-state index in [-0.39, 0.29) is 6.61 Å². The number of ether oxygens (including phenoxy) is 1. The molecule has 0 amide bonds. The topological polar surface area (TPSA) is 66.8 Å². The first kappa shape index (κ1) is 10.4. The van der Waals surface area contributed by atoms with Gasteiger partial charge in [0.25, 0.3) is 0 Å². The van der Waals surface area contributed by atoms with Crippen molar-refractivity contribution in [3.8, 4) is 0 Å². The Labute approximate surface area is 65.8 Å². The summed E-state index contributed by atoms with van der Waals surface area (Å²) in [5.74, 6) is -0.589. The molecule has 0 aliphatic carbocycles. The molecule has 0 aliphatic heterocycles. The molecule has 0 aliphatic rings. The molecule has 11 heavy (non-hydrogen) atoms. The molecule has 2 N–H and O–H groups in total. The summed E-state index contributed by atoms with van der Waals surface area (Å²) in [7, 11) is 0. The molecule has 0 aromatic heterocycles. The van der Waals surface area contributed by atoms with Crippen LogP contribution in [0.5, 0.6) is 0 Å². The van der Waals surface area contributed by atoms with Gasteiger partial charge in [-0.2, -0.15) is 0 Å². The number of aliphatic hydroxyl groups is 2. The van der Waals surface area contributed by atoms with Crippen molar-refractivity contribution in [2.45, 2.75) is 19.3 Å². The van der Waals surface area contributed by atoms with Crippen LogP contribution in [0.1, 0.15) is 19.3 Å².